The van der Waals surface area contributed by atoms with Gasteiger partial charge in [-0.25, -0.2) is 0 Å². The molecule has 0 radical (unpaired) electrons. The van der Waals surface area contributed by atoms with Crippen LogP contribution in [0.25, 0.3) is 0 Å². The number of rotatable bonds is 0. The van der Waals surface area contributed by atoms with Crippen molar-refractivity contribution in [2.24, 2.45) is 11.3 Å². The van der Waals surface area contributed by atoms with Gasteiger partial charge in [0.15, 0.2) is 0 Å². The lowest BCUT2D eigenvalue weighted by atomic mass is 9.74. The van der Waals surface area contributed by atoms with E-state index in [0.29, 0.717) is 11.3 Å². The largest absolute Gasteiger partial charge is 0.389 e. The van der Waals surface area contributed by atoms with Crippen molar-refractivity contribution in [1.29, 1.82) is 0 Å². The molecule has 0 aromatic heterocycles. The summed E-state index contributed by atoms with van der Waals surface area (Å²) in [4.78, 5) is 0. The summed E-state index contributed by atoms with van der Waals surface area (Å²) in [6.45, 7) is 6.72. The molecule has 11 heavy (non-hydrogen) atoms. The second kappa shape index (κ2) is 2.98. The lowest BCUT2D eigenvalue weighted by Crippen LogP contribution is -2.26. The monoisotopic (exact) mass is 154 g/mol. The number of aliphatic hydroxyl groups excluding tert-OH is 1. The zero-order valence-corrected chi connectivity index (χ0v) is 7.67. The third-order valence-corrected chi connectivity index (χ3v) is 2.53. The predicted octanol–water partition coefficient (Wildman–Crippen LogP) is 2.36. The van der Waals surface area contributed by atoms with Gasteiger partial charge in [0.2, 0.25) is 0 Å². The van der Waals surface area contributed by atoms with Crippen LogP contribution in [0.3, 0.4) is 0 Å². The van der Waals surface area contributed by atoms with E-state index in [1.165, 1.54) is 0 Å². The van der Waals surface area contributed by atoms with Gasteiger partial charge in [-0.15, -0.1) is 0 Å². The van der Waals surface area contributed by atoms with Crippen LogP contribution in [0.5, 0.6) is 0 Å². The zero-order valence-electron chi connectivity index (χ0n) is 7.67. The summed E-state index contributed by atoms with van der Waals surface area (Å²) in [5.41, 5.74) is 0.339. The summed E-state index contributed by atoms with van der Waals surface area (Å²) >= 11 is 0. The Morgan fingerprint density at radius 1 is 1.36 bits per heavy atom. The van der Waals surface area contributed by atoms with E-state index in [0.717, 1.165) is 12.8 Å². The quantitative estimate of drug-likeness (QED) is 0.531. The molecular formula is C10H18O. The van der Waals surface area contributed by atoms with Crippen LogP contribution >= 0.6 is 0 Å². The topological polar surface area (TPSA) is 20.2 Å². The third kappa shape index (κ3) is 2.33. The molecule has 1 rings (SSSR count). The highest BCUT2D eigenvalue weighted by Gasteiger charge is 2.27. The van der Waals surface area contributed by atoms with Gasteiger partial charge in [0, 0.05) is 0 Å². The predicted molar refractivity (Wildman–Crippen MR) is 47.3 cm³/mol. The third-order valence-electron chi connectivity index (χ3n) is 2.53. The minimum atomic E-state index is -0.201. The van der Waals surface area contributed by atoms with Gasteiger partial charge in [0.1, 0.15) is 0 Å². The van der Waals surface area contributed by atoms with Crippen molar-refractivity contribution in [2.45, 2.75) is 39.7 Å². The maximum Gasteiger partial charge on any atom is 0.0723 e. The Hall–Kier alpha value is -0.300. The highest BCUT2D eigenvalue weighted by atomic mass is 16.3. The Morgan fingerprint density at radius 2 is 2.00 bits per heavy atom. The molecular weight excluding hydrogens is 136 g/mol. The molecule has 0 saturated carbocycles. The summed E-state index contributed by atoms with van der Waals surface area (Å²) in [6.07, 6.45) is 5.86. The van der Waals surface area contributed by atoms with E-state index in [-0.39, 0.29) is 6.10 Å². The van der Waals surface area contributed by atoms with Crippen LogP contribution in [-0.2, 0) is 0 Å². The molecule has 0 amide bonds. The van der Waals surface area contributed by atoms with Crippen LogP contribution in [0.4, 0.5) is 0 Å². The minimum Gasteiger partial charge on any atom is -0.389 e. The highest BCUT2D eigenvalue weighted by Crippen LogP contribution is 2.34. The first-order chi connectivity index (χ1) is 5.00. The van der Waals surface area contributed by atoms with Gasteiger partial charge in [0.25, 0.3) is 0 Å². The normalized spacial score (nSPS) is 32.4. The van der Waals surface area contributed by atoms with Crippen LogP contribution in [-0.4, -0.2) is 11.2 Å². The fraction of sp³-hybridized carbons (Fsp3) is 0.800. The summed E-state index contributed by atoms with van der Waals surface area (Å²) < 4.78 is 0. The minimum absolute atomic E-state index is 0.201. The van der Waals surface area contributed by atoms with E-state index in [1.807, 2.05) is 6.08 Å². The van der Waals surface area contributed by atoms with Gasteiger partial charge < -0.3 is 5.11 Å². The molecule has 1 aliphatic rings. The van der Waals surface area contributed by atoms with Crippen molar-refractivity contribution in [1.82, 2.24) is 0 Å². The summed E-state index contributed by atoms with van der Waals surface area (Å²) in [5.74, 6) is 0.641. The molecule has 1 heteroatoms. The Bertz CT molecular complexity index is 153. The molecule has 1 aliphatic carbocycles. The van der Waals surface area contributed by atoms with Crippen molar-refractivity contribution in [2.75, 3.05) is 0 Å². The molecule has 0 unspecified atom stereocenters. The van der Waals surface area contributed by atoms with Crippen molar-refractivity contribution in [3.05, 3.63) is 12.2 Å². The molecule has 0 spiro atoms. The zero-order chi connectivity index (χ0) is 8.48. The lowest BCUT2D eigenvalue weighted by Gasteiger charge is -2.33. The van der Waals surface area contributed by atoms with Gasteiger partial charge in [-0.1, -0.05) is 32.9 Å². The Kier molecular flexibility index (Phi) is 2.38. The number of hydrogen-bond acceptors (Lipinski definition) is 1. The van der Waals surface area contributed by atoms with Gasteiger partial charge in [0.05, 0.1) is 6.10 Å². The summed E-state index contributed by atoms with van der Waals surface area (Å²) in [5, 5.41) is 9.36. The van der Waals surface area contributed by atoms with Crippen LogP contribution in [0.15, 0.2) is 12.2 Å². The van der Waals surface area contributed by atoms with Gasteiger partial charge in [-0.2, -0.15) is 0 Å². The van der Waals surface area contributed by atoms with E-state index in [9.17, 15) is 5.11 Å². The fourth-order valence-electron chi connectivity index (χ4n) is 1.57. The number of aliphatic hydroxyl groups is 1. The fourth-order valence-corrected chi connectivity index (χ4v) is 1.57. The first-order valence-corrected chi connectivity index (χ1v) is 4.35. The van der Waals surface area contributed by atoms with Gasteiger partial charge >= 0.3 is 0 Å². The van der Waals surface area contributed by atoms with Crippen molar-refractivity contribution < 1.29 is 5.11 Å². The van der Waals surface area contributed by atoms with E-state index < -0.39 is 0 Å². The standard InChI is InChI=1S/C10H18O/c1-10(2,3)8-5-4-6-9(11)7-8/h4,6,8-9,11H,5,7H2,1-3H3/t8-,9-/m0/s1. The van der Waals surface area contributed by atoms with Crippen LogP contribution in [0.1, 0.15) is 33.6 Å². The van der Waals surface area contributed by atoms with E-state index in [4.69, 9.17) is 0 Å². The molecule has 2 atom stereocenters. The molecule has 0 aliphatic heterocycles. The average molecular weight is 154 g/mol. The Balaban J connectivity index is 2.57. The van der Waals surface area contributed by atoms with Crippen LogP contribution < -0.4 is 0 Å². The van der Waals surface area contributed by atoms with Crippen molar-refractivity contribution in [3.8, 4) is 0 Å². The number of allylic oxidation sites excluding steroid dienone is 1. The molecule has 64 valence electrons. The molecule has 0 saturated heterocycles. The summed E-state index contributed by atoms with van der Waals surface area (Å²) in [6, 6.07) is 0. The maximum atomic E-state index is 9.36. The van der Waals surface area contributed by atoms with Crippen LogP contribution in [0.2, 0.25) is 0 Å². The van der Waals surface area contributed by atoms with Gasteiger partial charge in [-0.3, -0.25) is 0 Å². The smallest absolute Gasteiger partial charge is 0.0723 e. The van der Waals surface area contributed by atoms with Gasteiger partial charge in [-0.05, 0) is 24.2 Å². The second-order valence-corrected chi connectivity index (χ2v) is 4.53. The summed E-state index contributed by atoms with van der Waals surface area (Å²) in [7, 11) is 0. The van der Waals surface area contributed by atoms with Crippen LogP contribution in [0, 0.1) is 11.3 Å². The van der Waals surface area contributed by atoms with Crippen molar-refractivity contribution >= 4 is 0 Å². The van der Waals surface area contributed by atoms with E-state index in [1.54, 1.807) is 0 Å². The first kappa shape index (κ1) is 8.79. The molecule has 0 aromatic carbocycles. The Morgan fingerprint density at radius 3 is 2.36 bits per heavy atom. The SMILES string of the molecule is CC(C)(C)[C@H]1CC=C[C@H](O)C1. The molecule has 0 fully saturated rings. The second-order valence-electron chi connectivity index (χ2n) is 4.53. The molecule has 0 heterocycles. The van der Waals surface area contributed by atoms with Crippen molar-refractivity contribution in [3.63, 3.8) is 0 Å². The maximum absolute atomic E-state index is 9.36. The lowest BCUT2D eigenvalue weighted by molar-refractivity contribution is 0.124. The molecule has 1 N–H and O–H groups in total. The molecule has 0 bridgehead atoms. The average Bonchev–Trinajstić information content (AvgIpc) is 1.86. The Labute approximate surface area is 69.1 Å². The molecule has 0 aromatic rings. The number of hydrogen-bond donors (Lipinski definition) is 1. The van der Waals surface area contributed by atoms with E-state index >= 15 is 0 Å². The first-order valence-electron chi connectivity index (χ1n) is 4.35. The highest BCUT2D eigenvalue weighted by molar-refractivity contribution is 4.98. The molecule has 1 nitrogen and oxygen atoms in total. The van der Waals surface area contributed by atoms with E-state index in [2.05, 4.69) is 26.8 Å².